The van der Waals surface area contributed by atoms with Gasteiger partial charge in [0.25, 0.3) is 0 Å². The molecule has 1 aliphatic carbocycles. The molecule has 0 saturated heterocycles. The molecule has 0 spiro atoms. The first-order valence-corrected chi connectivity index (χ1v) is 11.1. The molecule has 0 aliphatic heterocycles. The third kappa shape index (κ3) is 6.07. The van der Waals surface area contributed by atoms with E-state index in [1.54, 1.807) is 32.0 Å². The number of hydrogen-bond donors (Lipinski definition) is 1. The summed E-state index contributed by atoms with van der Waals surface area (Å²) in [4.78, 5) is 29.2. The number of ketones is 1. The Hall–Kier alpha value is -3.00. The van der Waals surface area contributed by atoms with Gasteiger partial charge in [-0.15, -0.1) is 0 Å². The fraction of sp³-hybridized carbons (Fsp3) is 0.458. The number of hydrogen-bond acceptors (Lipinski definition) is 8. The predicted molar refractivity (Wildman–Crippen MR) is 121 cm³/mol. The van der Waals surface area contributed by atoms with E-state index in [0.717, 1.165) is 12.8 Å². The SMILES string of the molecule is COc1cc(O[C@H](C2CC2)[C@H](C)OC(=O)[C@H](C)CC(=O)c2nccc(OC)c2O)ccc1Cl. The lowest BCUT2D eigenvalue weighted by Crippen LogP contribution is -2.36. The summed E-state index contributed by atoms with van der Waals surface area (Å²) in [6.07, 6.45) is 2.28. The van der Waals surface area contributed by atoms with E-state index in [0.29, 0.717) is 16.5 Å². The molecule has 0 unspecified atom stereocenters. The molecule has 8 nitrogen and oxygen atoms in total. The molecule has 2 aromatic rings. The van der Waals surface area contributed by atoms with Crippen LogP contribution in [0.2, 0.25) is 5.02 Å². The van der Waals surface area contributed by atoms with Gasteiger partial charge in [0.15, 0.2) is 23.0 Å². The lowest BCUT2D eigenvalue weighted by atomic mass is 10.0. The molecule has 33 heavy (non-hydrogen) atoms. The number of esters is 1. The quantitative estimate of drug-likeness (QED) is 0.373. The van der Waals surface area contributed by atoms with Gasteiger partial charge >= 0.3 is 5.97 Å². The molecule has 1 aromatic carbocycles. The summed E-state index contributed by atoms with van der Waals surface area (Å²) in [6.45, 7) is 3.37. The van der Waals surface area contributed by atoms with Crippen LogP contribution in [0.25, 0.3) is 0 Å². The Labute approximate surface area is 197 Å². The van der Waals surface area contributed by atoms with Crippen molar-refractivity contribution in [2.45, 2.75) is 45.3 Å². The summed E-state index contributed by atoms with van der Waals surface area (Å²) in [5.74, 6) is -0.617. The average molecular weight is 478 g/mol. The lowest BCUT2D eigenvalue weighted by molar-refractivity contribution is -0.157. The molecule has 0 amide bonds. The number of pyridine rings is 1. The van der Waals surface area contributed by atoms with Gasteiger partial charge in [-0.3, -0.25) is 9.59 Å². The molecular formula is C24H28ClNO7. The monoisotopic (exact) mass is 477 g/mol. The fourth-order valence-electron chi connectivity index (χ4n) is 3.50. The standard InChI is InChI=1S/C24H28ClNO7/c1-13(11-18(27)21-22(28)19(30-3)9-10-26-21)24(29)32-14(2)23(15-5-6-15)33-16-7-8-17(25)20(12-16)31-4/h7-10,12-15,23,28H,5-6,11H2,1-4H3/t13-,14+,23+/m1/s1. The minimum atomic E-state index is -0.733. The first kappa shape index (κ1) is 24.6. The number of aromatic hydroxyl groups is 1. The summed E-state index contributed by atoms with van der Waals surface area (Å²) < 4.78 is 22.0. The fourth-order valence-corrected chi connectivity index (χ4v) is 3.69. The molecule has 3 rings (SSSR count). The summed E-state index contributed by atoms with van der Waals surface area (Å²) >= 11 is 6.08. The molecule has 1 saturated carbocycles. The van der Waals surface area contributed by atoms with Gasteiger partial charge in [0, 0.05) is 24.8 Å². The Balaban J connectivity index is 1.62. The van der Waals surface area contributed by atoms with Gasteiger partial charge < -0.3 is 24.1 Å². The van der Waals surface area contributed by atoms with Crippen LogP contribution in [-0.4, -0.2) is 48.3 Å². The Morgan fingerprint density at radius 1 is 1.15 bits per heavy atom. The minimum Gasteiger partial charge on any atom is -0.503 e. The summed E-state index contributed by atoms with van der Waals surface area (Å²) in [5, 5.41) is 10.6. The second kappa shape index (κ2) is 10.7. The zero-order chi connectivity index (χ0) is 24.1. The van der Waals surface area contributed by atoms with Crippen LogP contribution < -0.4 is 14.2 Å². The number of ether oxygens (including phenoxy) is 4. The Morgan fingerprint density at radius 2 is 1.85 bits per heavy atom. The van der Waals surface area contributed by atoms with Crippen LogP contribution in [0.1, 0.15) is 43.6 Å². The molecule has 1 fully saturated rings. The lowest BCUT2D eigenvalue weighted by Gasteiger charge is -2.26. The highest BCUT2D eigenvalue weighted by molar-refractivity contribution is 6.32. The number of rotatable bonds is 11. The first-order chi connectivity index (χ1) is 15.7. The zero-order valence-corrected chi connectivity index (χ0v) is 19.8. The van der Waals surface area contributed by atoms with Gasteiger partial charge in [0.05, 0.1) is 25.2 Å². The molecule has 1 aromatic heterocycles. The third-order valence-electron chi connectivity index (χ3n) is 5.51. The topological polar surface area (TPSA) is 104 Å². The second-order valence-electron chi connectivity index (χ2n) is 8.10. The summed E-state index contributed by atoms with van der Waals surface area (Å²) in [6, 6.07) is 6.57. The molecule has 178 valence electrons. The van der Waals surface area contributed by atoms with Crippen molar-refractivity contribution < 1.29 is 33.6 Å². The van der Waals surface area contributed by atoms with E-state index in [2.05, 4.69) is 4.98 Å². The molecule has 9 heteroatoms. The van der Waals surface area contributed by atoms with E-state index >= 15 is 0 Å². The van der Waals surface area contributed by atoms with Crippen molar-refractivity contribution in [2.75, 3.05) is 14.2 Å². The van der Waals surface area contributed by atoms with E-state index in [-0.39, 0.29) is 35.6 Å². The van der Waals surface area contributed by atoms with E-state index in [4.69, 9.17) is 30.5 Å². The van der Waals surface area contributed by atoms with Gasteiger partial charge in [0.1, 0.15) is 23.7 Å². The van der Waals surface area contributed by atoms with E-state index in [1.165, 1.54) is 26.5 Å². The van der Waals surface area contributed by atoms with Crippen molar-refractivity contribution in [3.63, 3.8) is 0 Å². The maximum Gasteiger partial charge on any atom is 0.309 e. The molecule has 1 aliphatic rings. The Kier molecular flexibility index (Phi) is 8.02. The summed E-state index contributed by atoms with van der Waals surface area (Å²) in [5.41, 5.74) is -0.141. The Bertz CT molecular complexity index is 1010. The van der Waals surface area contributed by atoms with Crippen LogP contribution in [0.3, 0.4) is 0 Å². The maximum absolute atomic E-state index is 12.7. The first-order valence-electron chi connectivity index (χ1n) is 10.7. The number of methoxy groups -OCH3 is 2. The highest BCUT2D eigenvalue weighted by atomic mass is 35.5. The Morgan fingerprint density at radius 3 is 2.48 bits per heavy atom. The van der Waals surface area contributed by atoms with Crippen molar-refractivity contribution in [3.8, 4) is 23.0 Å². The molecule has 1 heterocycles. The summed E-state index contributed by atoms with van der Waals surface area (Å²) in [7, 11) is 2.90. The molecule has 3 atom stereocenters. The van der Waals surface area contributed by atoms with Crippen molar-refractivity contribution in [1.29, 1.82) is 0 Å². The van der Waals surface area contributed by atoms with Crippen molar-refractivity contribution in [1.82, 2.24) is 4.98 Å². The average Bonchev–Trinajstić information content (AvgIpc) is 3.63. The van der Waals surface area contributed by atoms with Gasteiger partial charge in [-0.2, -0.15) is 0 Å². The maximum atomic E-state index is 12.7. The van der Waals surface area contributed by atoms with E-state index in [9.17, 15) is 14.7 Å². The van der Waals surface area contributed by atoms with Gasteiger partial charge in [-0.25, -0.2) is 4.98 Å². The number of carbonyl (C=O) groups excluding carboxylic acids is 2. The van der Waals surface area contributed by atoms with Gasteiger partial charge in [-0.1, -0.05) is 18.5 Å². The molecular weight excluding hydrogens is 450 g/mol. The third-order valence-corrected chi connectivity index (χ3v) is 5.82. The van der Waals surface area contributed by atoms with Gasteiger partial charge in [-0.05, 0) is 37.8 Å². The van der Waals surface area contributed by atoms with Gasteiger partial charge in [0.2, 0.25) is 0 Å². The number of aromatic nitrogens is 1. The van der Waals surface area contributed by atoms with Crippen LogP contribution in [0.4, 0.5) is 0 Å². The van der Waals surface area contributed by atoms with E-state index < -0.39 is 23.8 Å². The molecule has 1 N–H and O–H groups in total. The highest BCUT2D eigenvalue weighted by Gasteiger charge is 2.39. The van der Waals surface area contributed by atoms with Crippen molar-refractivity contribution in [2.24, 2.45) is 11.8 Å². The van der Waals surface area contributed by atoms with Crippen LogP contribution >= 0.6 is 11.6 Å². The number of Topliss-reactive ketones (excluding diaryl/α,β-unsaturated/α-hetero) is 1. The smallest absolute Gasteiger partial charge is 0.309 e. The number of benzene rings is 1. The second-order valence-corrected chi connectivity index (χ2v) is 8.50. The normalized spacial score (nSPS) is 15.8. The largest absolute Gasteiger partial charge is 0.503 e. The minimum absolute atomic E-state index is 0.139. The molecule has 0 radical (unpaired) electrons. The van der Waals surface area contributed by atoms with E-state index in [1.807, 2.05) is 0 Å². The van der Waals surface area contributed by atoms with Crippen molar-refractivity contribution >= 4 is 23.4 Å². The van der Waals surface area contributed by atoms with Crippen LogP contribution in [0.5, 0.6) is 23.0 Å². The van der Waals surface area contributed by atoms with Crippen LogP contribution in [0, 0.1) is 11.8 Å². The molecule has 0 bridgehead atoms. The highest BCUT2D eigenvalue weighted by Crippen LogP contribution is 2.38. The van der Waals surface area contributed by atoms with Crippen LogP contribution in [-0.2, 0) is 9.53 Å². The number of nitrogens with zero attached hydrogens (tertiary/aromatic N) is 1. The van der Waals surface area contributed by atoms with Crippen LogP contribution in [0.15, 0.2) is 30.5 Å². The predicted octanol–water partition coefficient (Wildman–Crippen LogP) is 4.46. The zero-order valence-electron chi connectivity index (χ0n) is 19.0. The number of carbonyl (C=O) groups is 2. The number of halogens is 1. The van der Waals surface area contributed by atoms with Crippen molar-refractivity contribution in [3.05, 3.63) is 41.2 Å².